The fourth-order valence-electron chi connectivity index (χ4n) is 2.05. The summed E-state index contributed by atoms with van der Waals surface area (Å²) < 4.78 is 7.16. The van der Waals surface area contributed by atoms with E-state index in [2.05, 4.69) is 53.6 Å². The molecule has 2 rings (SSSR count). The molecule has 0 aliphatic rings. The monoisotopic (exact) mass is 274 g/mol. The van der Waals surface area contributed by atoms with Crippen LogP contribution in [0.15, 0.2) is 30.6 Å². The first-order valence-corrected chi connectivity index (χ1v) is 6.81. The van der Waals surface area contributed by atoms with Gasteiger partial charge in [-0.3, -0.25) is 0 Å². The van der Waals surface area contributed by atoms with E-state index in [9.17, 15) is 0 Å². The predicted octanol–water partition coefficient (Wildman–Crippen LogP) is 2.57. The lowest BCUT2D eigenvalue weighted by molar-refractivity contribution is 0.171. The van der Waals surface area contributed by atoms with Gasteiger partial charge in [0.15, 0.2) is 5.82 Å². The maximum Gasteiger partial charge on any atom is 0.163 e. The molecule has 108 valence electrons. The lowest BCUT2D eigenvalue weighted by Gasteiger charge is -2.22. The van der Waals surface area contributed by atoms with Crippen LogP contribution >= 0.6 is 0 Å². The number of nitrogens with zero attached hydrogens (tertiary/aromatic N) is 3. The second kappa shape index (κ2) is 6.52. The number of hydrogen-bond donors (Lipinski definition) is 1. The average molecular weight is 274 g/mol. The minimum Gasteiger partial charge on any atom is -0.383 e. The Bertz CT molecular complexity index is 533. The predicted molar refractivity (Wildman–Crippen MR) is 80.6 cm³/mol. The van der Waals surface area contributed by atoms with Crippen LogP contribution in [0, 0.1) is 5.92 Å². The Labute approximate surface area is 120 Å². The SMILES string of the molecule is COCC(Nc1ccc(-c2nncn2C)cc1)C(C)C. The maximum atomic E-state index is 5.25. The first kappa shape index (κ1) is 14.5. The molecule has 0 saturated heterocycles. The number of nitrogens with one attached hydrogen (secondary N) is 1. The van der Waals surface area contributed by atoms with Crippen LogP contribution in [0.2, 0.25) is 0 Å². The summed E-state index contributed by atoms with van der Waals surface area (Å²) in [5.41, 5.74) is 2.15. The van der Waals surface area contributed by atoms with Gasteiger partial charge in [-0.2, -0.15) is 0 Å². The highest BCUT2D eigenvalue weighted by atomic mass is 16.5. The van der Waals surface area contributed by atoms with Gasteiger partial charge in [0, 0.05) is 25.4 Å². The summed E-state index contributed by atoms with van der Waals surface area (Å²) in [5.74, 6) is 1.38. The second-order valence-corrected chi connectivity index (χ2v) is 5.29. The number of rotatable bonds is 6. The van der Waals surface area contributed by atoms with Crippen LogP contribution in [0.5, 0.6) is 0 Å². The van der Waals surface area contributed by atoms with Gasteiger partial charge in [0.25, 0.3) is 0 Å². The molecule has 0 amide bonds. The molecule has 0 radical (unpaired) electrons. The van der Waals surface area contributed by atoms with Gasteiger partial charge >= 0.3 is 0 Å². The van der Waals surface area contributed by atoms with Crippen LogP contribution < -0.4 is 5.32 Å². The summed E-state index contributed by atoms with van der Waals surface area (Å²) in [6, 6.07) is 8.54. The normalized spacial score (nSPS) is 12.7. The van der Waals surface area contributed by atoms with Gasteiger partial charge in [-0.15, -0.1) is 10.2 Å². The Hall–Kier alpha value is -1.88. The Balaban J connectivity index is 2.10. The summed E-state index contributed by atoms with van der Waals surface area (Å²) in [6.07, 6.45) is 1.70. The van der Waals surface area contributed by atoms with E-state index in [-0.39, 0.29) is 0 Å². The van der Waals surface area contributed by atoms with Gasteiger partial charge in [0.2, 0.25) is 0 Å². The zero-order valence-corrected chi connectivity index (χ0v) is 12.5. The third-order valence-electron chi connectivity index (χ3n) is 3.36. The minimum absolute atomic E-state index is 0.306. The average Bonchev–Trinajstić information content (AvgIpc) is 2.85. The number of aromatic nitrogens is 3. The minimum atomic E-state index is 0.306. The fraction of sp³-hybridized carbons (Fsp3) is 0.467. The Morgan fingerprint density at radius 2 is 1.95 bits per heavy atom. The van der Waals surface area contributed by atoms with Gasteiger partial charge in [-0.25, -0.2) is 0 Å². The smallest absolute Gasteiger partial charge is 0.163 e. The van der Waals surface area contributed by atoms with E-state index in [1.54, 1.807) is 13.4 Å². The van der Waals surface area contributed by atoms with Crippen molar-refractivity contribution >= 4 is 5.69 Å². The molecule has 1 N–H and O–H groups in total. The molecule has 1 unspecified atom stereocenters. The number of anilines is 1. The van der Waals surface area contributed by atoms with E-state index < -0.39 is 0 Å². The summed E-state index contributed by atoms with van der Waals surface area (Å²) in [4.78, 5) is 0. The van der Waals surface area contributed by atoms with E-state index in [1.807, 2.05) is 11.6 Å². The highest BCUT2D eigenvalue weighted by molar-refractivity contribution is 5.59. The molecule has 1 atom stereocenters. The molecule has 0 bridgehead atoms. The van der Waals surface area contributed by atoms with E-state index >= 15 is 0 Å². The molecule has 1 aromatic carbocycles. The third-order valence-corrected chi connectivity index (χ3v) is 3.36. The number of methoxy groups -OCH3 is 1. The van der Waals surface area contributed by atoms with Crippen molar-refractivity contribution in [1.82, 2.24) is 14.8 Å². The number of ether oxygens (including phenoxy) is 1. The van der Waals surface area contributed by atoms with Crippen molar-refractivity contribution in [2.45, 2.75) is 19.9 Å². The van der Waals surface area contributed by atoms with Crippen molar-refractivity contribution in [2.24, 2.45) is 13.0 Å². The van der Waals surface area contributed by atoms with Gasteiger partial charge in [-0.05, 0) is 30.2 Å². The summed E-state index contributed by atoms with van der Waals surface area (Å²) in [6.45, 7) is 5.07. The highest BCUT2D eigenvalue weighted by Crippen LogP contribution is 2.20. The van der Waals surface area contributed by atoms with Crippen molar-refractivity contribution in [3.05, 3.63) is 30.6 Å². The van der Waals surface area contributed by atoms with Crippen LogP contribution in [-0.4, -0.2) is 34.5 Å². The Morgan fingerprint density at radius 3 is 2.45 bits per heavy atom. The molecule has 0 aliphatic carbocycles. The quantitative estimate of drug-likeness (QED) is 0.879. The van der Waals surface area contributed by atoms with Gasteiger partial charge in [0.1, 0.15) is 6.33 Å². The lowest BCUT2D eigenvalue weighted by atomic mass is 10.0. The molecular weight excluding hydrogens is 252 g/mol. The summed E-state index contributed by atoms with van der Waals surface area (Å²) in [5, 5.41) is 11.5. The molecule has 1 heterocycles. The molecule has 0 fully saturated rings. The Kier molecular flexibility index (Phi) is 4.74. The fourth-order valence-corrected chi connectivity index (χ4v) is 2.05. The summed E-state index contributed by atoms with van der Waals surface area (Å²) >= 11 is 0. The summed E-state index contributed by atoms with van der Waals surface area (Å²) in [7, 11) is 3.67. The van der Waals surface area contributed by atoms with Crippen LogP contribution in [0.3, 0.4) is 0 Å². The molecule has 5 nitrogen and oxygen atoms in total. The largest absolute Gasteiger partial charge is 0.383 e. The number of benzene rings is 1. The topological polar surface area (TPSA) is 52.0 Å². The van der Waals surface area contributed by atoms with E-state index in [4.69, 9.17) is 4.74 Å². The van der Waals surface area contributed by atoms with Crippen LogP contribution in [0.25, 0.3) is 11.4 Å². The zero-order valence-electron chi connectivity index (χ0n) is 12.5. The molecule has 0 aliphatic heterocycles. The van der Waals surface area contributed by atoms with Crippen LogP contribution in [0.1, 0.15) is 13.8 Å². The molecule has 0 spiro atoms. The lowest BCUT2D eigenvalue weighted by Crippen LogP contribution is -2.30. The standard InChI is InChI=1S/C15H22N4O/c1-11(2)14(9-20-4)17-13-7-5-12(6-8-13)15-18-16-10-19(15)3/h5-8,10-11,14,17H,9H2,1-4H3. The molecule has 1 aromatic heterocycles. The second-order valence-electron chi connectivity index (χ2n) is 5.29. The van der Waals surface area contributed by atoms with Crippen molar-refractivity contribution < 1.29 is 4.74 Å². The van der Waals surface area contributed by atoms with Crippen molar-refractivity contribution in [3.63, 3.8) is 0 Å². The molecule has 5 heteroatoms. The van der Waals surface area contributed by atoms with Gasteiger partial charge in [-0.1, -0.05) is 13.8 Å². The van der Waals surface area contributed by atoms with E-state index in [0.29, 0.717) is 18.6 Å². The molecule has 20 heavy (non-hydrogen) atoms. The van der Waals surface area contributed by atoms with Crippen molar-refractivity contribution in [2.75, 3.05) is 19.0 Å². The first-order valence-electron chi connectivity index (χ1n) is 6.81. The highest BCUT2D eigenvalue weighted by Gasteiger charge is 2.13. The molecule has 2 aromatic rings. The maximum absolute atomic E-state index is 5.25. The first-order chi connectivity index (χ1) is 9.61. The molecular formula is C15H22N4O. The zero-order chi connectivity index (χ0) is 14.5. The van der Waals surface area contributed by atoms with Crippen LogP contribution in [0.4, 0.5) is 5.69 Å². The van der Waals surface area contributed by atoms with Gasteiger partial charge < -0.3 is 14.6 Å². The van der Waals surface area contributed by atoms with Crippen molar-refractivity contribution in [1.29, 1.82) is 0 Å². The molecule has 0 saturated carbocycles. The van der Waals surface area contributed by atoms with Gasteiger partial charge in [0.05, 0.1) is 12.6 Å². The third kappa shape index (κ3) is 3.36. The van der Waals surface area contributed by atoms with E-state index in [1.165, 1.54) is 0 Å². The number of aryl methyl sites for hydroxylation is 1. The Morgan fingerprint density at radius 1 is 1.25 bits per heavy atom. The number of hydrogen-bond acceptors (Lipinski definition) is 4. The van der Waals surface area contributed by atoms with Crippen LogP contribution in [-0.2, 0) is 11.8 Å². The van der Waals surface area contributed by atoms with Crippen molar-refractivity contribution in [3.8, 4) is 11.4 Å². The van der Waals surface area contributed by atoms with E-state index in [0.717, 1.165) is 17.1 Å².